The molecule has 0 aliphatic carbocycles. The third kappa shape index (κ3) is 4.08. The molecule has 16 heavy (non-hydrogen) atoms. The molecular weight excluding hydrogens is 208 g/mol. The minimum Gasteiger partial charge on any atom is -0.444 e. The van der Waals surface area contributed by atoms with Crippen LogP contribution in [0.1, 0.15) is 40.0 Å². The summed E-state index contributed by atoms with van der Waals surface area (Å²) in [6, 6.07) is 0. The van der Waals surface area contributed by atoms with Crippen LogP contribution in [0.25, 0.3) is 0 Å². The Hall–Kier alpha value is -1.26. The minimum absolute atomic E-state index is 0.285. The molecule has 1 aliphatic heterocycles. The van der Waals surface area contributed by atoms with Crippen molar-refractivity contribution in [2.45, 2.75) is 45.6 Å². The van der Waals surface area contributed by atoms with E-state index in [1.165, 1.54) is 0 Å². The highest BCUT2D eigenvalue weighted by Gasteiger charge is 2.23. The van der Waals surface area contributed by atoms with Crippen LogP contribution in [0.15, 0.2) is 5.16 Å². The van der Waals surface area contributed by atoms with Gasteiger partial charge in [0.25, 0.3) is 0 Å². The number of likely N-dealkylation sites (tertiary alicyclic amines) is 1. The Morgan fingerprint density at radius 3 is 2.62 bits per heavy atom. The Labute approximate surface area is 96.1 Å². The summed E-state index contributed by atoms with van der Waals surface area (Å²) in [6.45, 7) is 6.78. The van der Waals surface area contributed by atoms with Crippen molar-refractivity contribution in [1.29, 1.82) is 0 Å². The van der Waals surface area contributed by atoms with Gasteiger partial charge in [0, 0.05) is 19.5 Å². The van der Waals surface area contributed by atoms with Crippen LogP contribution in [0.3, 0.4) is 0 Å². The molecule has 0 saturated carbocycles. The first kappa shape index (κ1) is 12.8. The molecule has 0 bridgehead atoms. The number of hydrogen-bond acceptors (Lipinski definition) is 4. The fourth-order valence-electron chi connectivity index (χ4n) is 1.58. The van der Waals surface area contributed by atoms with E-state index in [0.717, 1.165) is 18.6 Å². The predicted molar refractivity (Wildman–Crippen MR) is 60.9 cm³/mol. The van der Waals surface area contributed by atoms with Gasteiger partial charge in [-0.25, -0.2) is 4.79 Å². The first-order chi connectivity index (χ1) is 7.42. The molecule has 1 N–H and O–H groups in total. The molecule has 1 saturated heterocycles. The van der Waals surface area contributed by atoms with Crippen molar-refractivity contribution in [2.24, 2.45) is 5.16 Å². The van der Waals surface area contributed by atoms with E-state index >= 15 is 0 Å². The summed E-state index contributed by atoms with van der Waals surface area (Å²) < 4.78 is 5.29. The first-order valence-electron chi connectivity index (χ1n) is 5.60. The molecule has 1 rings (SSSR count). The van der Waals surface area contributed by atoms with Gasteiger partial charge in [0.2, 0.25) is 0 Å². The molecule has 0 radical (unpaired) electrons. The summed E-state index contributed by atoms with van der Waals surface area (Å²) in [6.07, 6.45) is 1.90. The second-order valence-corrected chi connectivity index (χ2v) is 4.99. The van der Waals surface area contributed by atoms with Crippen molar-refractivity contribution in [1.82, 2.24) is 4.90 Å². The lowest BCUT2D eigenvalue weighted by atomic mass is 10.2. The van der Waals surface area contributed by atoms with Gasteiger partial charge < -0.3 is 14.8 Å². The topological polar surface area (TPSA) is 62.1 Å². The molecule has 0 aromatic heterocycles. The van der Waals surface area contributed by atoms with Gasteiger partial charge in [-0.05, 0) is 33.6 Å². The summed E-state index contributed by atoms with van der Waals surface area (Å²) in [5.41, 5.74) is 0.295. The van der Waals surface area contributed by atoms with Gasteiger partial charge in [0.1, 0.15) is 5.60 Å². The van der Waals surface area contributed by atoms with E-state index < -0.39 is 5.60 Å². The van der Waals surface area contributed by atoms with E-state index in [1.54, 1.807) is 4.90 Å². The molecule has 1 heterocycles. The Morgan fingerprint density at radius 1 is 1.38 bits per heavy atom. The van der Waals surface area contributed by atoms with Crippen LogP contribution in [-0.2, 0) is 4.74 Å². The normalized spacial score (nSPS) is 20.7. The summed E-state index contributed by atoms with van der Waals surface area (Å²) >= 11 is 0. The van der Waals surface area contributed by atoms with Crippen LogP contribution in [0.4, 0.5) is 4.79 Å². The average Bonchev–Trinajstić information content (AvgIpc) is 2.39. The Balaban J connectivity index is 2.51. The summed E-state index contributed by atoms with van der Waals surface area (Å²) in [7, 11) is 0. The number of carbonyl (C=O) groups is 1. The molecule has 0 spiro atoms. The van der Waals surface area contributed by atoms with E-state index in [9.17, 15) is 4.79 Å². The number of oxime groups is 1. The highest BCUT2D eigenvalue weighted by Crippen LogP contribution is 2.14. The van der Waals surface area contributed by atoms with Crippen molar-refractivity contribution in [3.63, 3.8) is 0 Å². The third-order valence-electron chi connectivity index (χ3n) is 2.36. The van der Waals surface area contributed by atoms with E-state index in [-0.39, 0.29) is 6.09 Å². The zero-order valence-corrected chi connectivity index (χ0v) is 10.2. The number of hydrogen-bond donors (Lipinski definition) is 1. The van der Waals surface area contributed by atoms with Crippen molar-refractivity contribution in [3.05, 3.63) is 0 Å². The Morgan fingerprint density at radius 2 is 2.06 bits per heavy atom. The molecule has 92 valence electrons. The maximum Gasteiger partial charge on any atom is 0.410 e. The maximum atomic E-state index is 11.8. The zero-order chi connectivity index (χ0) is 12.2. The molecule has 5 nitrogen and oxygen atoms in total. The van der Waals surface area contributed by atoms with Crippen LogP contribution >= 0.6 is 0 Å². The van der Waals surface area contributed by atoms with Crippen LogP contribution in [0, 0.1) is 0 Å². The van der Waals surface area contributed by atoms with E-state index in [2.05, 4.69) is 5.16 Å². The molecular formula is C11H20N2O3. The van der Waals surface area contributed by atoms with Crippen LogP contribution in [0.2, 0.25) is 0 Å². The first-order valence-corrected chi connectivity index (χ1v) is 5.60. The lowest BCUT2D eigenvalue weighted by Crippen LogP contribution is -2.37. The molecule has 0 aromatic rings. The quantitative estimate of drug-likeness (QED) is 0.511. The average molecular weight is 228 g/mol. The van der Waals surface area contributed by atoms with Crippen molar-refractivity contribution >= 4 is 11.8 Å². The standard InChI is InChI=1S/C11H20N2O3/c1-11(2,3)16-10(14)13-7-4-5-9(12-15)6-8-13/h15H,4-8H2,1-3H3/b12-9+. The largest absolute Gasteiger partial charge is 0.444 e. The molecule has 1 fully saturated rings. The zero-order valence-electron chi connectivity index (χ0n) is 10.2. The summed E-state index contributed by atoms with van der Waals surface area (Å²) in [5, 5.41) is 11.9. The van der Waals surface area contributed by atoms with E-state index in [1.807, 2.05) is 20.8 Å². The van der Waals surface area contributed by atoms with Gasteiger partial charge >= 0.3 is 6.09 Å². The smallest absolute Gasteiger partial charge is 0.410 e. The van der Waals surface area contributed by atoms with Gasteiger partial charge in [-0.1, -0.05) is 5.16 Å². The number of rotatable bonds is 0. The molecule has 5 heteroatoms. The molecule has 0 atom stereocenters. The van der Waals surface area contributed by atoms with Gasteiger partial charge in [-0.2, -0.15) is 0 Å². The summed E-state index contributed by atoms with van der Waals surface area (Å²) in [4.78, 5) is 13.4. The second-order valence-electron chi connectivity index (χ2n) is 4.99. The lowest BCUT2D eigenvalue weighted by Gasteiger charge is -2.26. The van der Waals surface area contributed by atoms with Crippen molar-refractivity contribution in [2.75, 3.05) is 13.1 Å². The Kier molecular flexibility index (Phi) is 4.15. The van der Waals surface area contributed by atoms with Gasteiger partial charge in [0.05, 0.1) is 5.71 Å². The number of amides is 1. The fourth-order valence-corrected chi connectivity index (χ4v) is 1.58. The second kappa shape index (κ2) is 5.18. The minimum atomic E-state index is -0.461. The highest BCUT2D eigenvalue weighted by molar-refractivity contribution is 5.85. The van der Waals surface area contributed by atoms with Crippen LogP contribution in [-0.4, -0.2) is 40.6 Å². The number of ether oxygens (including phenoxy) is 1. The van der Waals surface area contributed by atoms with Crippen molar-refractivity contribution in [3.8, 4) is 0 Å². The number of carbonyl (C=O) groups excluding carboxylic acids is 1. The van der Waals surface area contributed by atoms with Gasteiger partial charge in [0.15, 0.2) is 0 Å². The van der Waals surface area contributed by atoms with Crippen molar-refractivity contribution < 1.29 is 14.7 Å². The number of nitrogens with zero attached hydrogens (tertiary/aromatic N) is 2. The molecule has 1 aliphatic rings. The molecule has 1 amide bonds. The molecule has 0 unspecified atom stereocenters. The van der Waals surface area contributed by atoms with Crippen LogP contribution < -0.4 is 0 Å². The highest BCUT2D eigenvalue weighted by atomic mass is 16.6. The lowest BCUT2D eigenvalue weighted by molar-refractivity contribution is 0.0259. The van der Waals surface area contributed by atoms with E-state index in [0.29, 0.717) is 19.5 Å². The monoisotopic (exact) mass is 228 g/mol. The fraction of sp³-hybridized carbons (Fsp3) is 0.818. The summed E-state index contributed by atoms with van der Waals surface area (Å²) in [5.74, 6) is 0. The SMILES string of the molecule is CC(C)(C)OC(=O)N1CCC/C(=N\O)CC1. The van der Waals surface area contributed by atoms with Crippen LogP contribution in [0.5, 0.6) is 0 Å². The molecule has 0 aromatic carbocycles. The Bertz CT molecular complexity index is 281. The predicted octanol–water partition coefficient (Wildman–Crippen LogP) is 2.24. The third-order valence-corrected chi connectivity index (χ3v) is 2.36. The van der Waals surface area contributed by atoms with E-state index in [4.69, 9.17) is 9.94 Å². The maximum absolute atomic E-state index is 11.8. The van der Waals surface area contributed by atoms with Gasteiger partial charge in [-0.15, -0.1) is 0 Å². The van der Waals surface area contributed by atoms with Gasteiger partial charge in [-0.3, -0.25) is 0 Å².